The van der Waals surface area contributed by atoms with Crippen LogP contribution in [0.4, 0.5) is 0 Å². The van der Waals surface area contributed by atoms with Crippen molar-refractivity contribution in [3.8, 4) is 0 Å². The first-order valence-corrected chi connectivity index (χ1v) is 6.19. The third-order valence-electron chi connectivity index (χ3n) is 3.89. The van der Waals surface area contributed by atoms with Gasteiger partial charge in [0.15, 0.2) is 0 Å². The van der Waals surface area contributed by atoms with Gasteiger partial charge in [0.2, 0.25) is 0 Å². The van der Waals surface area contributed by atoms with Crippen LogP contribution in [0, 0.1) is 11.8 Å². The molecule has 2 atom stereocenters. The monoisotopic (exact) mass is 233 g/mol. The van der Waals surface area contributed by atoms with E-state index < -0.39 is 0 Å². The largest absolute Gasteiger partial charge is 0.381 e. The Morgan fingerprint density at radius 2 is 1.80 bits per heavy atom. The highest BCUT2D eigenvalue weighted by Gasteiger charge is 2.26. The van der Waals surface area contributed by atoms with Gasteiger partial charge in [-0.05, 0) is 24.7 Å². The lowest BCUT2D eigenvalue weighted by atomic mass is 9.80. The fourth-order valence-electron chi connectivity index (χ4n) is 2.91. The molecule has 0 spiro atoms. The van der Waals surface area contributed by atoms with E-state index in [0.717, 1.165) is 25.6 Å². The van der Waals surface area contributed by atoms with Gasteiger partial charge in [-0.15, -0.1) is 12.4 Å². The topological polar surface area (TPSA) is 35.2 Å². The van der Waals surface area contributed by atoms with E-state index >= 15 is 0 Å². The Morgan fingerprint density at radius 3 is 2.47 bits per heavy atom. The average Bonchev–Trinajstić information content (AvgIpc) is 2.23. The van der Waals surface area contributed by atoms with Gasteiger partial charge in [-0.1, -0.05) is 32.1 Å². The highest BCUT2D eigenvalue weighted by Crippen LogP contribution is 2.31. The molecule has 0 bridgehead atoms. The maximum atomic E-state index is 6.12. The minimum absolute atomic E-state index is 0. The minimum Gasteiger partial charge on any atom is -0.381 e. The second-order valence-electron chi connectivity index (χ2n) is 5.03. The Hall–Kier alpha value is 0.210. The van der Waals surface area contributed by atoms with E-state index in [9.17, 15) is 0 Å². The average molecular weight is 234 g/mol. The van der Waals surface area contributed by atoms with Crippen LogP contribution in [-0.4, -0.2) is 19.3 Å². The van der Waals surface area contributed by atoms with E-state index in [0.29, 0.717) is 12.0 Å². The van der Waals surface area contributed by atoms with Crippen LogP contribution in [0.25, 0.3) is 0 Å². The molecule has 1 saturated heterocycles. The zero-order chi connectivity index (χ0) is 9.80. The predicted octanol–water partition coefficient (Wildman–Crippen LogP) is 2.74. The molecule has 2 fully saturated rings. The van der Waals surface area contributed by atoms with Gasteiger partial charge in [-0.2, -0.15) is 0 Å². The molecule has 0 aromatic heterocycles. The van der Waals surface area contributed by atoms with Crippen LogP contribution in [0.1, 0.15) is 44.9 Å². The zero-order valence-electron chi connectivity index (χ0n) is 9.49. The smallest absolute Gasteiger partial charge is 0.0509 e. The summed E-state index contributed by atoms with van der Waals surface area (Å²) in [6.07, 6.45) is 9.58. The highest BCUT2D eigenvalue weighted by atomic mass is 35.5. The van der Waals surface area contributed by atoms with Gasteiger partial charge in [-0.3, -0.25) is 0 Å². The molecule has 0 radical (unpaired) electrons. The SMILES string of the molecule is Cl.NC1CCOCC1CC1CCCCC1. The van der Waals surface area contributed by atoms with Crippen molar-refractivity contribution in [2.45, 2.75) is 51.0 Å². The number of halogens is 1. The molecule has 2 nitrogen and oxygen atoms in total. The molecule has 2 N–H and O–H groups in total. The molecule has 1 aliphatic carbocycles. The summed E-state index contributed by atoms with van der Waals surface area (Å²) < 4.78 is 5.51. The number of hydrogen-bond donors (Lipinski definition) is 1. The standard InChI is InChI=1S/C12H23NO.ClH/c13-12-6-7-14-9-11(12)8-10-4-2-1-3-5-10;/h10-12H,1-9,13H2;1H. The summed E-state index contributed by atoms with van der Waals surface area (Å²) in [5, 5.41) is 0. The van der Waals surface area contributed by atoms with Crippen LogP contribution in [0.15, 0.2) is 0 Å². The van der Waals surface area contributed by atoms with Crippen LogP contribution in [0.5, 0.6) is 0 Å². The zero-order valence-corrected chi connectivity index (χ0v) is 10.3. The summed E-state index contributed by atoms with van der Waals surface area (Å²) in [5.74, 6) is 1.59. The van der Waals surface area contributed by atoms with E-state index in [1.807, 2.05) is 0 Å². The summed E-state index contributed by atoms with van der Waals surface area (Å²) in [7, 11) is 0. The second kappa shape index (κ2) is 6.72. The molecule has 0 aromatic rings. The summed E-state index contributed by atoms with van der Waals surface area (Å²) in [4.78, 5) is 0. The van der Waals surface area contributed by atoms with Crippen LogP contribution in [-0.2, 0) is 4.74 Å². The Morgan fingerprint density at radius 1 is 1.07 bits per heavy atom. The Bertz CT molecular complexity index is 171. The van der Waals surface area contributed by atoms with Gasteiger partial charge in [0.25, 0.3) is 0 Å². The molecular formula is C12H24ClNO. The summed E-state index contributed by atoms with van der Waals surface area (Å²) in [5.41, 5.74) is 6.12. The van der Waals surface area contributed by atoms with Crippen LogP contribution in [0.2, 0.25) is 0 Å². The second-order valence-corrected chi connectivity index (χ2v) is 5.03. The molecule has 1 aliphatic heterocycles. The molecule has 1 heterocycles. The third-order valence-corrected chi connectivity index (χ3v) is 3.89. The summed E-state index contributed by atoms with van der Waals surface area (Å²) >= 11 is 0. The van der Waals surface area contributed by atoms with Crippen LogP contribution < -0.4 is 5.73 Å². The van der Waals surface area contributed by atoms with Gasteiger partial charge in [0.05, 0.1) is 6.61 Å². The van der Waals surface area contributed by atoms with E-state index in [2.05, 4.69) is 0 Å². The van der Waals surface area contributed by atoms with Gasteiger partial charge in [0.1, 0.15) is 0 Å². The molecule has 3 heteroatoms. The van der Waals surface area contributed by atoms with Crippen molar-refractivity contribution < 1.29 is 4.74 Å². The maximum absolute atomic E-state index is 6.12. The Kier molecular flexibility index (Phi) is 5.95. The molecule has 1 saturated carbocycles. The summed E-state index contributed by atoms with van der Waals surface area (Å²) in [6.45, 7) is 1.79. The normalized spacial score (nSPS) is 33.4. The number of ether oxygens (including phenoxy) is 1. The van der Waals surface area contributed by atoms with Crippen molar-refractivity contribution in [1.29, 1.82) is 0 Å². The molecule has 2 aliphatic rings. The molecule has 15 heavy (non-hydrogen) atoms. The lowest BCUT2D eigenvalue weighted by Crippen LogP contribution is -2.39. The van der Waals surface area contributed by atoms with Gasteiger partial charge in [-0.25, -0.2) is 0 Å². The van der Waals surface area contributed by atoms with Crippen molar-refractivity contribution >= 4 is 12.4 Å². The maximum Gasteiger partial charge on any atom is 0.0509 e. The van der Waals surface area contributed by atoms with E-state index in [-0.39, 0.29) is 12.4 Å². The van der Waals surface area contributed by atoms with Crippen molar-refractivity contribution in [3.05, 3.63) is 0 Å². The molecule has 0 amide bonds. The quantitative estimate of drug-likeness (QED) is 0.796. The predicted molar refractivity (Wildman–Crippen MR) is 65.3 cm³/mol. The fraction of sp³-hybridized carbons (Fsp3) is 1.00. The van der Waals surface area contributed by atoms with Gasteiger partial charge in [0, 0.05) is 12.6 Å². The first kappa shape index (κ1) is 13.3. The van der Waals surface area contributed by atoms with E-state index in [1.165, 1.54) is 38.5 Å². The molecular weight excluding hydrogens is 210 g/mol. The number of hydrogen-bond acceptors (Lipinski definition) is 2. The van der Waals surface area contributed by atoms with E-state index in [4.69, 9.17) is 10.5 Å². The Labute approximate surface area is 99.3 Å². The van der Waals surface area contributed by atoms with Gasteiger partial charge >= 0.3 is 0 Å². The first-order valence-electron chi connectivity index (χ1n) is 6.19. The third kappa shape index (κ3) is 3.93. The molecule has 2 unspecified atom stereocenters. The van der Waals surface area contributed by atoms with Crippen molar-refractivity contribution in [2.75, 3.05) is 13.2 Å². The fourth-order valence-corrected chi connectivity index (χ4v) is 2.91. The summed E-state index contributed by atoms with van der Waals surface area (Å²) in [6, 6.07) is 0.408. The van der Waals surface area contributed by atoms with Crippen molar-refractivity contribution in [1.82, 2.24) is 0 Å². The van der Waals surface area contributed by atoms with Crippen molar-refractivity contribution in [3.63, 3.8) is 0 Å². The van der Waals surface area contributed by atoms with Gasteiger partial charge < -0.3 is 10.5 Å². The van der Waals surface area contributed by atoms with E-state index in [1.54, 1.807) is 0 Å². The molecule has 90 valence electrons. The lowest BCUT2D eigenvalue weighted by Gasteiger charge is -2.32. The highest BCUT2D eigenvalue weighted by molar-refractivity contribution is 5.85. The van der Waals surface area contributed by atoms with Crippen LogP contribution in [0.3, 0.4) is 0 Å². The molecule has 2 rings (SSSR count). The molecule has 0 aromatic carbocycles. The number of nitrogens with two attached hydrogens (primary N) is 1. The minimum atomic E-state index is 0. The lowest BCUT2D eigenvalue weighted by molar-refractivity contribution is 0.0297. The number of rotatable bonds is 2. The first-order chi connectivity index (χ1) is 6.86. The van der Waals surface area contributed by atoms with Crippen LogP contribution >= 0.6 is 12.4 Å². The van der Waals surface area contributed by atoms with Crippen molar-refractivity contribution in [2.24, 2.45) is 17.6 Å². The Balaban J connectivity index is 0.00000112.